The van der Waals surface area contributed by atoms with Crippen molar-refractivity contribution in [3.63, 3.8) is 0 Å². The second-order valence-corrected chi connectivity index (χ2v) is 5.14. The summed E-state index contributed by atoms with van der Waals surface area (Å²) in [5.41, 5.74) is 7.53. The summed E-state index contributed by atoms with van der Waals surface area (Å²) in [6.07, 6.45) is 4.43. The lowest BCUT2D eigenvalue weighted by atomic mass is 10.1. The van der Waals surface area contributed by atoms with Gasteiger partial charge in [0.2, 0.25) is 0 Å². The molecule has 2 aliphatic rings. The molecular formula is C12H18N4O. The molecule has 2 fully saturated rings. The smallest absolute Gasteiger partial charge is 0.274 e. The van der Waals surface area contributed by atoms with E-state index in [1.54, 1.807) is 0 Å². The average Bonchev–Trinajstić information content (AvgIpc) is 3.07. The summed E-state index contributed by atoms with van der Waals surface area (Å²) < 4.78 is 0. The first kappa shape index (κ1) is 10.8. The molecule has 1 amide bonds. The summed E-state index contributed by atoms with van der Waals surface area (Å²) in [6, 6.07) is 2.02. The summed E-state index contributed by atoms with van der Waals surface area (Å²) in [5, 5.41) is 7.09. The number of aromatic amines is 1. The molecule has 1 aromatic rings. The van der Waals surface area contributed by atoms with Crippen molar-refractivity contribution in [3.8, 4) is 0 Å². The molecule has 3 rings (SSSR count). The average molecular weight is 234 g/mol. The number of hydrogen-bond donors (Lipinski definition) is 2. The van der Waals surface area contributed by atoms with Crippen molar-refractivity contribution in [1.29, 1.82) is 0 Å². The normalized spacial score (nSPS) is 25.0. The SMILES string of the molecule is NC1CCCN(C(=O)c2cc(C3CC3)[nH]n2)C1. The minimum atomic E-state index is 0.0169. The maximum Gasteiger partial charge on any atom is 0.274 e. The molecule has 1 aromatic heterocycles. The molecule has 0 bridgehead atoms. The van der Waals surface area contributed by atoms with Crippen molar-refractivity contribution in [1.82, 2.24) is 15.1 Å². The van der Waals surface area contributed by atoms with Crippen LogP contribution in [0.5, 0.6) is 0 Å². The van der Waals surface area contributed by atoms with Crippen molar-refractivity contribution >= 4 is 5.91 Å². The number of rotatable bonds is 2. The molecule has 17 heavy (non-hydrogen) atoms. The largest absolute Gasteiger partial charge is 0.336 e. The van der Waals surface area contributed by atoms with Crippen LogP contribution in [0, 0.1) is 0 Å². The first-order chi connectivity index (χ1) is 8.24. The van der Waals surface area contributed by atoms with Crippen LogP contribution < -0.4 is 5.73 Å². The van der Waals surface area contributed by atoms with Crippen LogP contribution in [0.15, 0.2) is 6.07 Å². The summed E-state index contributed by atoms with van der Waals surface area (Å²) in [7, 11) is 0. The van der Waals surface area contributed by atoms with Gasteiger partial charge in [-0.1, -0.05) is 0 Å². The number of piperidine rings is 1. The predicted molar refractivity (Wildman–Crippen MR) is 63.7 cm³/mol. The van der Waals surface area contributed by atoms with Crippen LogP contribution in [0.2, 0.25) is 0 Å². The highest BCUT2D eigenvalue weighted by atomic mass is 16.2. The zero-order valence-corrected chi connectivity index (χ0v) is 9.85. The third-order valence-electron chi connectivity index (χ3n) is 3.58. The molecule has 3 N–H and O–H groups in total. The van der Waals surface area contributed by atoms with E-state index in [4.69, 9.17) is 5.73 Å². The minimum Gasteiger partial charge on any atom is -0.336 e. The quantitative estimate of drug-likeness (QED) is 0.796. The van der Waals surface area contributed by atoms with Crippen LogP contribution in [-0.4, -0.2) is 40.1 Å². The molecule has 0 spiro atoms. The van der Waals surface area contributed by atoms with Gasteiger partial charge >= 0.3 is 0 Å². The van der Waals surface area contributed by atoms with Crippen LogP contribution in [-0.2, 0) is 0 Å². The highest BCUT2D eigenvalue weighted by molar-refractivity contribution is 5.92. The number of hydrogen-bond acceptors (Lipinski definition) is 3. The highest BCUT2D eigenvalue weighted by Crippen LogP contribution is 2.39. The van der Waals surface area contributed by atoms with Gasteiger partial charge in [-0.05, 0) is 31.7 Å². The van der Waals surface area contributed by atoms with Gasteiger partial charge in [0, 0.05) is 30.7 Å². The summed E-state index contributed by atoms with van der Waals surface area (Å²) >= 11 is 0. The molecule has 1 saturated carbocycles. The van der Waals surface area contributed by atoms with Gasteiger partial charge in [0.15, 0.2) is 0 Å². The lowest BCUT2D eigenvalue weighted by Crippen LogP contribution is -2.45. The first-order valence-corrected chi connectivity index (χ1v) is 6.34. The third kappa shape index (κ3) is 2.20. The van der Waals surface area contributed by atoms with E-state index in [1.807, 2.05) is 11.0 Å². The minimum absolute atomic E-state index is 0.0169. The van der Waals surface area contributed by atoms with Crippen LogP contribution in [0.3, 0.4) is 0 Å². The van der Waals surface area contributed by atoms with E-state index in [9.17, 15) is 4.79 Å². The van der Waals surface area contributed by atoms with Crippen LogP contribution in [0.4, 0.5) is 0 Å². The van der Waals surface area contributed by atoms with Gasteiger partial charge in [0.05, 0.1) is 0 Å². The number of H-pyrrole nitrogens is 1. The van der Waals surface area contributed by atoms with Crippen molar-refractivity contribution in [2.75, 3.05) is 13.1 Å². The number of likely N-dealkylation sites (tertiary alicyclic amines) is 1. The maximum atomic E-state index is 12.2. The fourth-order valence-corrected chi connectivity index (χ4v) is 2.41. The second-order valence-electron chi connectivity index (χ2n) is 5.14. The Hall–Kier alpha value is -1.36. The fourth-order valence-electron chi connectivity index (χ4n) is 2.41. The van der Waals surface area contributed by atoms with Crippen LogP contribution in [0.25, 0.3) is 0 Å². The molecular weight excluding hydrogens is 216 g/mol. The zero-order chi connectivity index (χ0) is 11.8. The van der Waals surface area contributed by atoms with Gasteiger partial charge in [-0.2, -0.15) is 5.10 Å². The number of nitrogens with two attached hydrogens (primary N) is 1. The van der Waals surface area contributed by atoms with E-state index in [-0.39, 0.29) is 11.9 Å². The Morgan fingerprint density at radius 1 is 1.47 bits per heavy atom. The Morgan fingerprint density at radius 2 is 2.29 bits per heavy atom. The van der Waals surface area contributed by atoms with Crippen molar-refractivity contribution in [2.24, 2.45) is 5.73 Å². The Kier molecular flexibility index (Phi) is 2.63. The third-order valence-corrected chi connectivity index (χ3v) is 3.58. The molecule has 1 unspecified atom stereocenters. The molecule has 92 valence electrons. The first-order valence-electron chi connectivity index (χ1n) is 6.34. The van der Waals surface area contributed by atoms with Gasteiger partial charge in [-0.25, -0.2) is 0 Å². The molecule has 0 aromatic carbocycles. The summed E-state index contributed by atoms with van der Waals surface area (Å²) in [6.45, 7) is 1.46. The number of carbonyl (C=O) groups excluding carboxylic acids is 1. The van der Waals surface area contributed by atoms with Gasteiger partial charge in [-0.3, -0.25) is 9.89 Å². The van der Waals surface area contributed by atoms with E-state index >= 15 is 0 Å². The van der Waals surface area contributed by atoms with Crippen molar-refractivity contribution < 1.29 is 4.79 Å². The Bertz CT molecular complexity index is 424. The van der Waals surface area contributed by atoms with Gasteiger partial charge in [0.25, 0.3) is 5.91 Å². The van der Waals surface area contributed by atoms with E-state index in [2.05, 4.69) is 10.2 Å². The zero-order valence-electron chi connectivity index (χ0n) is 9.85. The van der Waals surface area contributed by atoms with Gasteiger partial charge < -0.3 is 10.6 Å². The molecule has 5 heteroatoms. The van der Waals surface area contributed by atoms with E-state index in [0.717, 1.165) is 25.1 Å². The van der Waals surface area contributed by atoms with E-state index in [0.29, 0.717) is 18.2 Å². The summed E-state index contributed by atoms with van der Waals surface area (Å²) in [5.74, 6) is 0.621. The van der Waals surface area contributed by atoms with Gasteiger partial charge in [-0.15, -0.1) is 0 Å². The lowest BCUT2D eigenvalue weighted by Gasteiger charge is -2.30. The number of aromatic nitrogens is 2. The van der Waals surface area contributed by atoms with E-state index in [1.165, 1.54) is 12.8 Å². The Morgan fingerprint density at radius 3 is 3.00 bits per heavy atom. The molecule has 2 heterocycles. The monoisotopic (exact) mass is 234 g/mol. The molecule has 5 nitrogen and oxygen atoms in total. The molecule has 1 saturated heterocycles. The molecule has 0 radical (unpaired) electrons. The number of amides is 1. The number of carbonyl (C=O) groups is 1. The van der Waals surface area contributed by atoms with Crippen LogP contribution in [0.1, 0.15) is 47.8 Å². The van der Waals surface area contributed by atoms with Crippen LogP contribution >= 0.6 is 0 Å². The number of nitrogens with one attached hydrogen (secondary N) is 1. The molecule has 1 aliphatic carbocycles. The van der Waals surface area contributed by atoms with E-state index < -0.39 is 0 Å². The Labute approximate surface area is 100 Å². The number of nitrogens with zero attached hydrogens (tertiary/aromatic N) is 2. The van der Waals surface area contributed by atoms with Crippen molar-refractivity contribution in [2.45, 2.75) is 37.6 Å². The van der Waals surface area contributed by atoms with Gasteiger partial charge in [0.1, 0.15) is 5.69 Å². The molecule has 1 atom stereocenters. The second kappa shape index (κ2) is 4.14. The standard InChI is InChI=1S/C12H18N4O/c13-9-2-1-5-16(7-9)12(17)11-6-10(14-15-11)8-3-4-8/h6,8-9H,1-5,7,13H2,(H,14,15). The maximum absolute atomic E-state index is 12.2. The highest BCUT2D eigenvalue weighted by Gasteiger charge is 2.28. The summed E-state index contributed by atoms with van der Waals surface area (Å²) in [4.78, 5) is 14.0. The topological polar surface area (TPSA) is 75.0 Å². The molecule has 1 aliphatic heterocycles. The predicted octanol–water partition coefficient (Wildman–Crippen LogP) is 0.850. The van der Waals surface area contributed by atoms with Crippen molar-refractivity contribution in [3.05, 3.63) is 17.5 Å². The Balaban J connectivity index is 1.71. The fraction of sp³-hybridized carbons (Fsp3) is 0.667. The lowest BCUT2D eigenvalue weighted by molar-refractivity contribution is 0.0703.